The normalized spacial score (nSPS) is 12.8. The summed E-state index contributed by atoms with van der Waals surface area (Å²) in [4.78, 5) is 0. The molecule has 0 saturated carbocycles. The molecule has 15 heavy (non-hydrogen) atoms. The van der Waals surface area contributed by atoms with Crippen molar-refractivity contribution in [1.29, 1.82) is 0 Å². The van der Waals surface area contributed by atoms with Crippen molar-refractivity contribution >= 4 is 22.4 Å². The molecule has 0 aromatic heterocycles. The summed E-state index contributed by atoms with van der Waals surface area (Å²) >= 11 is 4.14. The Morgan fingerprint density at radius 1 is 1.13 bits per heavy atom. The smallest absolute Gasteiger partial charge is 0.284 e. The summed E-state index contributed by atoms with van der Waals surface area (Å²) in [6, 6.07) is 1.17. The maximum atomic E-state index is 5.56. The van der Waals surface area contributed by atoms with Crippen molar-refractivity contribution in [2.45, 2.75) is 24.9 Å². The Morgan fingerprint density at radius 3 is 2.20 bits per heavy atom. The van der Waals surface area contributed by atoms with E-state index >= 15 is 0 Å². The Labute approximate surface area is 100.0 Å². The van der Waals surface area contributed by atoms with E-state index in [1.807, 2.05) is 0 Å². The van der Waals surface area contributed by atoms with Crippen molar-refractivity contribution in [1.82, 2.24) is 0 Å². The van der Waals surface area contributed by atoms with Gasteiger partial charge >= 0.3 is 0 Å². The third kappa shape index (κ3) is 6.55. The van der Waals surface area contributed by atoms with Gasteiger partial charge in [-0.25, -0.2) is 0 Å². The lowest BCUT2D eigenvalue weighted by atomic mass is 10.4. The third-order valence-electron chi connectivity index (χ3n) is 2.18. The zero-order valence-corrected chi connectivity index (χ0v) is 12.1. The highest BCUT2D eigenvalue weighted by Gasteiger charge is 2.28. The summed E-state index contributed by atoms with van der Waals surface area (Å²) in [5.41, 5.74) is 0. The fourth-order valence-electron chi connectivity index (χ4n) is 1.17. The van der Waals surface area contributed by atoms with Crippen molar-refractivity contribution in [2.75, 3.05) is 33.7 Å². The van der Waals surface area contributed by atoms with E-state index in [2.05, 4.69) is 12.6 Å². The van der Waals surface area contributed by atoms with Crippen LogP contribution in [0.25, 0.3) is 0 Å². The Balaban J connectivity index is 3.54. The summed E-state index contributed by atoms with van der Waals surface area (Å²) in [7, 11) is 4.28. The minimum Gasteiger partial charge on any atom is -0.424 e. The SMILES string of the molecule is COC(CCO[SiH2]CCCS)(OC)OC. The van der Waals surface area contributed by atoms with Crippen LogP contribution in [0.5, 0.6) is 0 Å². The lowest BCUT2D eigenvalue weighted by molar-refractivity contribution is -0.356. The predicted octanol–water partition coefficient (Wildman–Crippen LogP) is 0.808. The van der Waals surface area contributed by atoms with Gasteiger partial charge in [-0.1, -0.05) is 0 Å². The standard InChI is InChI=1S/C9H22O4SSi/c1-10-9(11-2,12-3)5-6-13-15-8-4-7-14/h14H,4-8,15H2,1-3H3. The minimum absolute atomic E-state index is 0.407. The maximum Gasteiger partial charge on any atom is 0.284 e. The van der Waals surface area contributed by atoms with E-state index in [1.165, 1.54) is 6.04 Å². The molecular weight excluding hydrogens is 232 g/mol. The molecule has 0 radical (unpaired) electrons. The van der Waals surface area contributed by atoms with Gasteiger partial charge in [0.25, 0.3) is 5.97 Å². The summed E-state index contributed by atoms with van der Waals surface area (Å²) in [6.07, 6.45) is 1.73. The van der Waals surface area contributed by atoms with Gasteiger partial charge in [0.1, 0.15) is 0 Å². The quantitative estimate of drug-likeness (QED) is 0.271. The van der Waals surface area contributed by atoms with Crippen LogP contribution in [0.4, 0.5) is 0 Å². The zero-order chi connectivity index (χ0) is 11.6. The lowest BCUT2D eigenvalue weighted by Crippen LogP contribution is -2.37. The Morgan fingerprint density at radius 2 is 1.73 bits per heavy atom. The van der Waals surface area contributed by atoms with Crippen LogP contribution in [0, 0.1) is 0 Å². The van der Waals surface area contributed by atoms with Crippen LogP contribution < -0.4 is 0 Å². The van der Waals surface area contributed by atoms with Crippen LogP contribution in [-0.4, -0.2) is 49.4 Å². The summed E-state index contributed by atoms with van der Waals surface area (Å²) in [6.45, 7) is 0.619. The third-order valence-corrected chi connectivity index (χ3v) is 3.86. The number of thiol groups is 1. The maximum absolute atomic E-state index is 5.56. The van der Waals surface area contributed by atoms with Crippen LogP contribution >= 0.6 is 12.6 Å². The van der Waals surface area contributed by atoms with Crippen LogP contribution in [0.1, 0.15) is 12.8 Å². The van der Waals surface area contributed by atoms with E-state index in [1.54, 1.807) is 21.3 Å². The first-order chi connectivity index (χ1) is 7.24. The first kappa shape index (κ1) is 15.4. The van der Waals surface area contributed by atoms with E-state index in [4.69, 9.17) is 18.6 Å². The van der Waals surface area contributed by atoms with E-state index in [0.29, 0.717) is 13.0 Å². The van der Waals surface area contributed by atoms with Gasteiger partial charge in [0, 0.05) is 27.9 Å². The molecular formula is C9H22O4SSi. The van der Waals surface area contributed by atoms with Gasteiger partial charge in [-0.05, 0) is 18.2 Å². The lowest BCUT2D eigenvalue weighted by Gasteiger charge is -2.28. The fourth-order valence-corrected chi connectivity index (χ4v) is 2.82. The second kappa shape index (κ2) is 9.62. The molecule has 0 aliphatic rings. The molecule has 4 nitrogen and oxygen atoms in total. The molecule has 6 heteroatoms. The van der Waals surface area contributed by atoms with E-state index < -0.39 is 15.7 Å². The van der Waals surface area contributed by atoms with Gasteiger partial charge in [-0.3, -0.25) is 0 Å². The van der Waals surface area contributed by atoms with Gasteiger partial charge in [0.2, 0.25) is 0 Å². The Bertz CT molecular complexity index is 136. The summed E-state index contributed by atoms with van der Waals surface area (Å²) in [5, 5.41) is 0. The molecule has 0 fully saturated rings. The van der Waals surface area contributed by atoms with Crippen molar-refractivity contribution in [3.05, 3.63) is 0 Å². The molecule has 0 heterocycles. The van der Waals surface area contributed by atoms with E-state index in [9.17, 15) is 0 Å². The van der Waals surface area contributed by atoms with Crippen molar-refractivity contribution in [3.8, 4) is 0 Å². The number of rotatable bonds is 10. The topological polar surface area (TPSA) is 36.9 Å². The highest BCUT2D eigenvalue weighted by Crippen LogP contribution is 2.16. The Kier molecular flexibility index (Phi) is 9.88. The first-order valence-corrected chi connectivity index (χ1v) is 7.29. The molecule has 0 rings (SSSR count). The average molecular weight is 254 g/mol. The zero-order valence-electron chi connectivity index (χ0n) is 9.82. The van der Waals surface area contributed by atoms with Crippen molar-refractivity contribution in [2.24, 2.45) is 0 Å². The van der Waals surface area contributed by atoms with Crippen molar-refractivity contribution in [3.63, 3.8) is 0 Å². The first-order valence-electron chi connectivity index (χ1n) is 5.08. The largest absolute Gasteiger partial charge is 0.424 e. The van der Waals surface area contributed by atoms with E-state index in [0.717, 1.165) is 12.2 Å². The fraction of sp³-hybridized carbons (Fsp3) is 1.00. The monoisotopic (exact) mass is 254 g/mol. The van der Waals surface area contributed by atoms with Gasteiger partial charge in [-0.15, -0.1) is 0 Å². The molecule has 92 valence electrons. The van der Waals surface area contributed by atoms with E-state index in [-0.39, 0.29) is 0 Å². The molecule has 0 atom stereocenters. The number of hydrogen-bond donors (Lipinski definition) is 1. The molecule has 0 bridgehead atoms. The summed E-state index contributed by atoms with van der Waals surface area (Å²) < 4.78 is 21.0. The molecule has 0 saturated heterocycles. The molecule has 0 N–H and O–H groups in total. The number of ether oxygens (including phenoxy) is 3. The number of methoxy groups -OCH3 is 3. The molecule has 0 unspecified atom stereocenters. The van der Waals surface area contributed by atoms with Crippen LogP contribution in [0.15, 0.2) is 0 Å². The van der Waals surface area contributed by atoms with Crippen LogP contribution in [0.3, 0.4) is 0 Å². The molecule has 0 aliphatic carbocycles. The highest BCUT2D eigenvalue weighted by molar-refractivity contribution is 7.80. The average Bonchev–Trinajstić information content (AvgIpc) is 2.29. The van der Waals surface area contributed by atoms with Crippen LogP contribution in [0.2, 0.25) is 6.04 Å². The second-order valence-corrected chi connectivity index (χ2v) is 5.06. The molecule has 0 aromatic rings. The Hall–Kier alpha value is 0.407. The molecule has 0 amide bonds. The number of hydrogen-bond acceptors (Lipinski definition) is 5. The molecule has 0 aliphatic heterocycles. The second-order valence-electron chi connectivity index (χ2n) is 3.09. The predicted molar refractivity (Wildman–Crippen MR) is 66.1 cm³/mol. The van der Waals surface area contributed by atoms with Crippen molar-refractivity contribution < 1.29 is 18.6 Å². The van der Waals surface area contributed by atoms with Gasteiger partial charge in [-0.2, -0.15) is 12.6 Å². The van der Waals surface area contributed by atoms with Gasteiger partial charge in [0.05, 0.1) is 6.42 Å². The minimum atomic E-state index is -0.946. The van der Waals surface area contributed by atoms with Gasteiger partial charge < -0.3 is 18.6 Å². The molecule has 0 spiro atoms. The van der Waals surface area contributed by atoms with Gasteiger partial charge in [0.15, 0.2) is 9.76 Å². The van der Waals surface area contributed by atoms with Crippen LogP contribution in [-0.2, 0) is 18.6 Å². The molecule has 0 aromatic carbocycles. The summed E-state index contributed by atoms with van der Waals surface area (Å²) in [5.74, 6) is -0.00748. The highest BCUT2D eigenvalue weighted by atomic mass is 32.1.